The van der Waals surface area contributed by atoms with Crippen LogP contribution in [0.4, 0.5) is 14.4 Å². The van der Waals surface area contributed by atoms with Gasteiger partial charge >= 0.3 is 18.1 Å². The fourth-order valence-electron chi connectivity index (χ4n) is 12.0. The summed E-state index contributed by atoms with van der Waals surface area (Å²) < 4.78 is 0. The van der Waals surface area contributed by atoms with Crippen molar-refractivity contribution in [2.45, 2.75) is 38.5 Å². The Hall–Kier alpha value is -8.47. The summed E-state index contributed by atoms with van der Waals surface area (Å²) in [6, 6.07) is 58.7. The zero-order chi connectivity index (χ0) is 51.4. The molecule has 380 valence electrons. The second kappa shape index (κ2) is 21.8. The fraction of sp³-hybridized carbons (Fsp3) is 0.227. The van der Waals surface area contributed by atoms with Crippen molar-refractivity contribution in [3.63, 3.8) is 0 Å². The minimum Gasteiger partial charge on any atom is -0.338 e. The van der Waals surface area contributed by atoms with Crippen LogP contribution in [0, 0.1) is 0 Å². The summed E-state index contributed by atoms with van der Waals surface area (Å²) in [5.74, 6) is 0. The highest BCUT2D eigenvalue weighted by Gasteiger charge is 2.15. The van der Waals surface area contributed by atoms with Gasteiger partial charge in [-0.2, -0.15) is 0 Å². The quantitative estimate of drug-likeness (QED) is 0.0317. The van der Waals surface area contributed by atoms with E-state index >= 15 is 0 Å². The summed E-state index contributed by atoms with van der Waals surface area (Å²) >= 11 is 0. The number of urea groups is 3. The maximum Gasteiger partial charge on any atom is 0.314 e. The maximum atomic E-state index is 13.0. The third kappa shape index (κ3) is 9.96. The van der Waals surface area contributed by atoms with Gasteiger partial charge < -0.3 is 31.9 Å². The van der Waals surface area contributed by atoms with Gasteiger partial charge in [0.05, 0.1) is 0 Å². The molecule has 0 aliphatic carbocycles. The summed E-state index contributed by atoms with van der Waals surface area (Å²) in [7, 11) is 0. The van der Waals surface area contributed by atoms with Crippen molar-refractivity contribution in [3.8, 4) is 0 Å². The molecule has 10 nitrogen and oxygen atoms in total. The number of hydrogen-bond acceptors (Lipinski definition) is 4. The standard InChI is InChI=1S/C66H63N7O3/c74-64(67-34-4-13-43-16-19-52-25-22-46-7-1-10-49-28-31-55(43)61(52)58(46)49)70-37-40-73(41-38-71-65(75)68-35-5-14-44-17-20-53-26-23-47-8-2-11-50-29-32-56(44)62(53)59(47)50)42-39-72-66(76)69-36-6-15-45-18-21-54-27-24-48-9-3-12-51-30-33-57(45)63(54)60(48)51/h1-3,7-12,16-33H,4-6,13-15,34-42H2,(H2,67,70,74)(H2,68,71,75)(H2,69,72,76). The molecular weight excluding hydrogens is 939 g/mol. The molecule has 0 saturated heterocycles. The first-order chi connectivity index (χ1) is 37.4. The predicted octanol–water partition coefficient (Wildman–Crippen LogP) is 12.8. The van der Waals surface area contributed by atoms with Crippen molar-refractivity contribution in [1.82, 2.24) is 36.8 Å². The number of nitrogens with one attached hydrogen (secondary N) is 6. The predicted molar refractivity (Wildman–Crippen MR) is 316 cm³/mol. The van der Waals surface area contributed by atoms with Crippen LogP contribution in [0.3, 0.4) is 0 Å². The van der Waals surface area contributed by atoms with Gasteiger partial charge in [-0.1, -0.05) is 164 Å². The highest BCUT2D eigenvalue weighted by molar-refractivity contribution is 6.25. The summed E-state index contributed by atoms with van der Waals surface area (Å²) in [5.41, 5.74) is 3.86. The molecule has 0 aromatic heterocycles. The average molecular weight is 1000 g/mol. The second-order valence-corrected chi connectivity index (χ2v) is 20.4. The third-order valence-corrected chi connectivity index (χ3v) is 15.7. The number of amides is 6. The van der Waals surface area contributed by atoms with E-state index in [0.29, 0.717) is 58.9 Å². The van der Waals surface area contributed by atoms with Crippen molar-refractivity contribution in [2.75, 3.05) is 58.9 Å². The number of rotatable bonds is 21. The first-order valence-electron chi connectivity index (χ1n) is 27.2. The molecule has 76 heavy (non-hydrogen) atoms. The fourth-order valence-corrected chi connectivity index (χ4v) is 12.0. The molecule has 0 heterocycles. The summed E-state index contributed by atoms with van der Waals surface area (Å²) in [4.78, 5) is 41.3. The van der Waals surface area contributed by atoms with Gasteiger partial charge in [0.25, 0.3) is 0 Å². The molecule has 0 saturated carbocycles. The smallest absolute Gasteiger partial charge is 0.314 e. The molecule has 0 bridgehead atoms. The van der Waals surface area contributed by atoms with E-state index in [-0.39, 0.29) is 18.1 Å². The number of hydrogen-bond donors (Lipinski definition) is 6. The van der Waals surface area contributed by atoms with Crippen LogP contribution in [0.1, 0.15) is 36.0 Å². The van der Waals surface area contributed by atoms with E-state index in [1.165, 1.54) is 114 Å². The number of carbonyl (C=O) groups is 3. The van der Waals surface area contributed by atoms with Crippen LogP contribution < -0.4 is 31.9 Å². The first-order valence-corrected chi connectivity index (χ1v) is 27.2. The Morgan fingerprint density at radius 3 is 0.803 bits per heavy atom. The van der Waals surface area contributed by atoms with E-state index in [1.807, 2.05) is 0 Å². The largest absolute Gasteiger partial charge is 0.338 e. The molecule has 12 rings (SSSR count). The Morgan fingerprint density at radius 2 is 0.513 bits per heavy atom. The van der Waals surface area contributed by atoms with Gasteiger partial charge in [0.15, 0.2) is 0 Å². The molecule has 12 aromatic carbocycles. The molecule has 0 unspecified atom stereocenters. The van der Waals surface area contributed by atoms with E-state index in [9.17, 15) is 14.4 Å². The molecule has 0 radical (unpaired) electrons. The van der Waals surface area contributed by atoms with Gasteiger partial charge in [-0.3, -0.25) is 4.90 Å². The van der Waals surface area contributed by atoms with Crippen LogP contribution in [0.2, 0.25) is 0 Å². The zero-order valence-corrected chi connectivity index (χ0v) is 42.9. The normalized spacial score (nSPS) is 12.0. The van der Waals surface area contributed by atoms with Crippen LogP contribution in [0.5, 0.6) is 0 Å². The molecule has 0 aliphatic rings. The molecular formula is C66H63N7O3. The lowest BCUT2D eigenvalue weighted by molar-refractivity contribution is 0.228. The summed E-state index contributed by atoms with van der Waals surface area (Å²) in [6.45, 7) is 4.50. The number of nitrogens with zero attached hydrogens (tertiary/aromatic N) is 1. The van der Waals surface area contributed by atoms with Crippen LogP contribution in [0.25, 0.3) is 97.0 Å². The Kier molecular flexibility index (Phi) is 13.9. The van der Waals surface area contributed by atoms with E-state index in [0.717, 1.165) is 38.5 Å². The first kappa shape index (κ1) is 48.5. The molecule has 6 amide bonds. The SMILES string of the molecule is O=C(NCCCc1ccc2ccc3cccc4ccc1c2c34)NCCN(CCNC(=O)NCCCc1ccc2ccc3cccc4ccc1c2c34)CCNC(=O)NCCCc1ccc2ccc3cccc4ccc1c2c34. The third-order valence-electron chi connectivity index (χ3n) is 15.7. The molecule has 0 spiro atoms. The number of carbonyl (C=O) groups excluding carboxylic acids is 3. The number of aryl methyl sites for hydroxylation is 3. The second-order valence-electron chi connectivity index (χ2n) is 20.4. The van der Waals surface area contributed by atoms with Crippen molar-refractivity contribution < 1.29 is 14.4 Å². The molecule has 10 heteroatoms. The van der Waals surface area contributed by atoms with E-state index in [2.05, 4.69) is 201 Å². The monoisotopic (exact) mass is 1000 g/mol. The van der Waals surface area contributed by atoms with Gasteiger partial charge in [-0.15, -0.1) is 0 Å². The van der Waals surface area contributed by atoms with Crippen LogP contribution in [-0.2, 0) is 19.3 Å². The minimum atomic E-state index is -0.213. The summed E-state index contributed by atoms with van der Waals surface area (Å²) in [5, 5.41) is 41.2. The Morgan fingerprint density at radius 1 is 0.276 bits per heavy atom. The van der Waals surface area contributed by atoms with E-state index in [1.54, 1.807) is 0 Å². The van der Waals surface area contributed by atoms with E-state index in [4.69, 9.17) is 0 Å². The summed E-state index contributed by atoms with van der Waals surface area (Å²) in [6.07, 6.45) is 4.99. The van der Waals surface area contributed by atoms with Crippen molar-refractivity contribution in [1.29, 1.82) is 0 Å². The van der Waals surface area contributed by atoms with Gasteiger partial charge in [0.1, 0.15) is 0 Å². The molecule has 0 fully saturated rings. The Labute approximate surface area is 442 Å². The molecule has 6 N–H and O–H groups in total. The van der Waals surface area contributed by atoms with Gasteiger partial charge in [0, 0.05) is 58.9 Å². The average Bonchev–Trinajstić information content (AvgIpc) is 3.54. The van der Waals surface area contributed by atoms with Crippen LogP contribution >= 0.6 is 0 Å². The van der Waals surface area contributed by atoms with Crippen molar-refractivity contribution in [3.05, 3.63) is 180 Å². The lowest BCUT2D eigenvalue weighted by Gasteiger charge is -2.23. The number of benzene rings is 12. The molecule has 12 aromatic rings. The highest BCUT2D eigenvalue weighted by Crippen LogP contribution is 2.39. The van der Waals surface area contributed by atoms with Crippen molar-refractivity contribution >= 4 is 115 Å². The van der Waals surface area contributed by atoms with Crippen LogP contribution in [-0.4, -0.2) is 81.9 Å². The highest BCUT2D eigenvalue weighted by atomic mass is 16.2. The van der Waals surface area contributed by atoms with Gasteiger partial charge in [-0.25, -0.2) is 14.4 Å². The Balaban J connectivity index is 0.607. The Bertz CT molecular complexity index is 3580. The minimum absolute atomic E-state index is 0.213. The maximum absolute atomic E-state index is 13.0. The van der Waals surface area contributed by atoms with Crippen molar-refractivity contribution in [2.24, 2.45) is 0 Å². The topological polar surface area (TPSA) is 127 Å². The lowest BCUT2D eigenvalue weighted by atomic mass is 9.91. The lowest BCUT2D eigenvalue weighted by Crippen LogP contribution is -2.46. The van der Waals surface area contributed by atoms with E-state index < -0.39 is 0 Å². The van der Waals surface area contributed by atoms with Gasteiger partial charge in [0.2, 0.25) is 0 Å². The molecule has 0 atom stereocenters. The van der Waals surface area contributed by atoms with Crippen LogP contribution in [0.15, 0.2) is 164 Å². The molecule has 0 aliphatic heterocycles. The van der Waals surface area contributed by atoms with Gasteiger partial charge in [-0.05, 0) is 152 Å². The zero-order valence-electron chi connectivity index (χ0n) is 42.9.